The molecule has 5 N–H and O–H groups in total. The molecule has 10 heteroatoms. The molecule has 0 aliphatic heterocycles. The Morgan fingerprint density at radius 3 is 2.50 bits per heavy atom. The number of aryl methyl sites for hydroxylation is 1. The molecular weight excluding hydrogens is 512 g/mol. The van der Waals surface area contributed by atoms with Crippen LogP contribution in [0.4, 0.5) is 4.79 Å². The van der Waals surface area contributed by atoms with Crippen LogP contribution in [-0.2, 0) is 16.1 Å². The predicted octanol–water partition coefficient (Wildman–Crippen LogP) is 4.49. The third-order valence-corrected chi connectivity index (χ3v) is 7.68. The number of nitrogens with zero attached hydrogens (tertiary/aromatic N) is 2. The summed E-state index contributed by atoms with van der Waals surface area (Å²) < 4.78 is 7.34. The van der Waals surface area contributed by atoms with Crippen LogP contribution >= 0.6 is 0 Å². The minimum absolute atomic E-state index is 0.0188. The van der Waals surface area contributed by atoms with Gasteiger partial charge in [0.2, 0.25) is 5.91 Å². The number of benzene rings is 1. The molecular formula is C30H50N4O6. The van der Waals surface area contributed by atoms with Crippen LogP contribution in [0.5, 0.6) is 0 Å². The number of carbonyl (C=O) groups is 2. The van der Waals surface area contributed by atoms with E-state index in [0.29, 0.717) is 25.3 Å². The molecule has 0 aliphatic rings. The van der Waals surface area contributed by atoms with Crippen LogP contribution in [0.3, 0.4) is 0 Å². The zero-order valence-corrected chi connectivity index (χ0v) is 25.0. The molecule has 0 saturated heterocycles. The maximum Gasteiger partial charge on any atom is 0.404 e. The number of fused-ring (bicyclic) bond motifs is 1. The number of rotatable bonds is 18. The Bertz CT molecular complexity index is 1070. The van der Waals surface area contributed by atoms with E-state index in [-0.39, 0.29) is 30.7 Å². The third-order valence-electron chi connectivity index (χ3n) is 7.68. The molecule has 0 saturated carbocycles. The van der Waals surface area contributed by atoms with Gasteiger partial charge in [-0.1, -0.05) is 59.6 Å². The fraction of sp³-hybridized carbons (Fsp3) is 0.700. The number of nitrogens with one attached hydrogen (secondary N) is 2. The number of aliphatic hydroxyl groups is 2. The van der Waals surface area contributed by atoms with E-state index in [0.717, 1.165) is 36.6 Å². The fourth-order valence-corrected chi connectivity index (χ4v) is 5.00. The van der Waals surface area contributed by atoms with E-state index in [4.69, 9.17) is 4.74 Å². The lowest BCUT2D eigenvalue weighted by molar-refractivity contribution is -0.130. The number of amides is 2. The first-order chi connectivity index (χ1) is 18.9. The molecule has 1 aromatic heterocycles. The molecule has 40 heavy (non-hydrogen) atoms. The van der Waals surface area contributed by atoms with Crippen LogP contribution in [-0.4, -0.2) is 69.0 Å². The van der Waals surface area contributed by atoms with Crippen molar-refractivity contribution < 1.29 is 29.6 Å². The lowest BCUT2D eigenvalue weighted by atomic mass is 9.80. The molecule has 1 heterocycles. The quantitative estimate of drug-likeness (QED) is 0.168. The van der Waals surface area contributed by atoms with Gasteiger partial charge in [0.05, 0.1) is 30.0 Å². The Hall–Kier alpha value is -2.69. The van der Waals surface area contributed by atoms with E-state index in [1.807, 2.05) is 57.5 Å². The highest BCUT2D eigenvalue weighted by molar-refractivity contribution is 5.81. The van der Waals surface area contributed by atoms with Gasteiger partial charge in [0.1, 0.15) is 0 Å². The normalized spacial score (nSPS) is 15.1. The first-order valence-corrected chi connectivity index (χ1v) is 14.6. The van der Waals surface area contributed by atoms with E-state index < -0.39 is 29.8 Å². The molecule has 10 nitrogen and oxygen atoms in total. The first kappa shape index (κ1) is 33.5. The monoisotopic (exact) mass is 562 g/mol. The number of aliphatic hydroxyl groups excluding tert-OH is 2. The molecule has 2 amide bonds. The summed E-state index contributed by atoms with van der Waals surface area (Å²) in [4.78, 5) is 24.4. The predicted molar refractivity (Wildman–Crippen MR) is 156 cm³/mol. The SMILES string of the molecule is CCCCC(C)(C)C(=O)NCC(O)[C@H](C[C@@H](C(C)C)C(O)c1ccc2cnn(CCCOCC)c2c1)NC(=O)O. The highest BCUT2D eigenvalue weighted by atomic mass is 16.5. The van der Waals surface area contributed by atoms with Crippen LogP contribution < -0.4 is 10.6 Å². The van der Waals surface area contributed by atoms with Gasteiger partial charge in [-0.05, 0) is 49.7 Å². The van der Waals surface area contributed by atoms with Crippen molar-refractivity contribution in [2.75, 3.05) is 19.8 Å². The number of carboxylic acid groups (broad SMARTS) is 1. The number of ether oxygens (including phenoxy) is 1. The Balaban J connectivity index is 2.18. The van der Waals surface area contributed by atoms with Crippen LogP contribution in [0, 0.1) is 17.3 Å². The molecule has 4 atom stereocenters. The summed E-state index contributed by atoms with van der Waals surface area (Å²) in [5.74, 6) is -0.565. The minimum atomic E-state index is -1.27. The van der Waals surface area contributed by atoms with Gasteiger partial charge in [0, 0.05) is 37.1 Å². The van der Waals surface area contributed by atoms with E-state index >= 15 is 0 Å². The lowest BCUT2D eigenvalue weighted by Gasteiger charge is -2.33. The number of aromatic nitrogens is 2. The molecule has 0 bridgehead atoms. The van der Waals surface area contributed by atoms with Crippen molar-refractivity contribution in [2.45, 2.75) is 98.4 Å². The summed E-state index contributed by atoms with van der Waals surface area (Å²) >= 11 is 0. The third kappa shape index (κ3) is 9.74. The van der Waals surface area contributed by atoms with Crippen molar-refractivity contribution in [3.63, 3.8) is 0 Å². The summed E-state index contributed by atoms with van der Waals surface area (Å²) in [6.07, 6.45) is 2.09. The molecule has 2 aromatic rings. The van der Waals surface area contributed by atoms with Gasteiger partial charge in [-0.15, -0.1) is 0 Å². The molecule has 0 fully saturated rings. The standard InChI is InChI=1S/C30H50N4O6/c1-7-9-13-30(5,6)28(37)31-19-26(35)24(33-29(38)39)17-23(20(3)4)27(36)21-11-12-22-18-32-34(25(22)16-21)14-10-15-40-8-2/h11-12,16,18,20,23-24,26-27,33,35-36H,7-10,13-15,17,19H2,1-6H3,(H,31,37)(H,38,39)/t23-,24-,26?,27?/m0/s1. The minimum Gasteiger partial charge on any atom is -0.465 e. The van der Waals surface area contributed by atoms with Crippen molar-refractivity contribution in [1.82, 2.24) is 20.4 Å². The molecule has 0 radical (unpaired) electrons. The zero-order chi connectivity index (χ0) is 29.9. The van der Waals surface area contributed by atoms with Crippen LogP contribution in [0.25, 0.3) is 10.9 Å². The summed E-state index contributed by atoms with van der Waals surface area (Å²) in [5.41, 5.74) is 1.02. The molecule has 0 aliphatic carbocycles. The van der Waals surface area contributed by atoms with Crippen molar-refractivity contribution >= 4 is 22.9 Å². The maximum absolute atomic E-state index is 12.7. The Kier molecular flexibility index (Phi) is 13.3. The first-order valence-electron chi connectivity index (χ1n) is 14.6. The second-order valence-corrected chi connectivity index (χ2v) is 11.6. The Labute approximate surface area is 238 Å². The van der Waals surface area contributed by atoms with E-state index in [1.54, 1.807) is 6.20 Å². The smallest absolute Gasteiger partial charge is 0.404 e. The fourth-order valence-electron chi connectivity index (χ4n) is 5.00. The highest BCUT2D eigenvalue weighted by Crippen LogP contribution is 2.34. The van der Waals surface area contributed by atoms with Gasteiger partial charge in [-0.2, -0.15) is 5.10 Å². The zero-order valence-electron chi connectivity index (χ0n) is 25.0. The van der Waals surface area contributed by atoms with E-state index in [2.05, 4.69) is 22.7 Å². The molecule has 2 unspecified atom stereocenters. The van der Waals surface area contributed by atoms with Gasteiger partial charge in [0.15, 0.2) is 0 Å². The molecule has 1 aromatic carbocycles. The summed E-state index contributed by atoms with van der Waals surface area (Å²) in [5, 5.41) is 42.6. The average Bonchev–Trinajstić information content (AvgIpc) is 3.31. The number of unbranched alkanes of at least 4 members (excludes halogenated alkanes) is 1. The molecule has 0 spiro atoms. The summed E-state index contributed by atoms with van der Waals surface area (Å²) in [6, 6.07) is 4.84. The van der Waals surface area contributed by atoms with E-state index in [9.17, 15) is 24.9 Å². The maximum atomic E-state index is 12.7. The van der Waals surface area contributed by atoms with Gasteiger partial charge in [-0.25, -0.2) is 4.79 Å². The molecule has 226 valence electrons. The number of hydrogen-bond acceptors (Lipinski definition) is 6. The van der Waals surface area contributed by atoms with Gasteiger partial charge in [0.25, 0.3) is 0 Å². The molecule has 2 rings (SSSR count). The van der Waals surface area contributed by atoms with Crippen LogP contribution in [0.2, 0.25) is 0 Å². The van der Waals surface area contributed by atoms with Crippen LogP contribution in [0.15, 0.2) is 24.4 Å². The van der Waals surface area contributed by atoms with Crippen molar-refractivity contribution in [2.24, 2.45) is 17.3 Å². The van der Waals surface area contributed by atoms with E-state index in [1.165, 1.54) is 0 Å². The second kappa shape index (κ2) is 15.9. The average molecular weight is 563 g/mol. The second-order valence-electron chi connectivity index (χ2n) is 11.6. The summed E-state index contributed by atoms with van der Waals surface area (Å²) in [6.45, 7) is 13.6. The van der Waals surface area contributed by atoms with Gasteiger partial charge in [-0.3, -0.25) is 9.48 Å². The van der Waals surface area contributed by atoms with Gasteiger partial charge < -0.3 is 30.7 Å². The topological polar surface area (TPSA) is 146 Å². The lowest BCUT2D eigenvalue weighted by Crippen LogP contribution is -2.51. The number of hydrogen-bond donors (Lipinski definition) is 5. The van der Waals surface area contributed by atoms with Crippen molar-refractivity contribution in [3.05, 3.63) is 30.0 Å². The van der Waals surface area contributed by atoms with Crippen molar-refractivity contribution in [3.8, 4) is 0 Å². The Morgan fingerprint density at radius 2 is 1.88 bits per heavy atom. The highest BCUT2D eigenvalue weighted by Gasteiger charge is 2.33. The number of carbonyl (C=O) groups excluding carboxylic acids is 1. The van der Waals surface area contributed by atoms with Gasteiger partial charge >= 0.3 is 6.09 Å². The summed E-state index contributed by atoms with van der Waals surface area (Å²) in [7, 11) is 0. The van der Waals surface area contributed by atoms with Crippen LogP contribution in [0.1, 0.15) is 85.3 Å². The largest absolute Gasteiger partial charge is 0.465 e. The Morgan fingerprint density at radius 1 is 1.15 bits per heavy atom. The van der Waals surface area contributed by atoms with Crippen molar-refractivity contribution in [1.29, 1.82) is 0 Å².